The van der Waals surface area contributed by atoms with Crippen molar-refractivity contribution in [3.63, 3.8) is 0 Å². The van der Waals surface area contributed by atoms with Crippen LogP contribution in [0, 0.1) is 13.8 Å². The van der Waals surface area contributed by atoms with E-state index in [1.807, 2.05) is 53.2 Å². The van der Waals surface area contributed by atoms with Crippen molar-refractivity contribution < 1.29 is 9.90 Å². The molecule has 0 saturated heterocycles. The van der Waals surface area contributed by atoms with Gasteiger partial charge in [0.05, 0.1) is 17.8 Å². The second-order valence-corrected chi connectivity index (χ2v) is 6.96. The Hall–Kier alpha value is -2.92. The summed E-state index contributed by atoms with van der Waals surface area (Å²) in [5, 5.41) is 13.8. The average Bonchev–Trinajstić information content (AvgIpc) is 3.07. The summed E-state index contributed by atoms with van der Waals surface area (Å²) in [6.45, 7) is 5.34. The van der Waals surface area contributed by atoms with Gasteiger partial charge in [0.25, 0.3) is 0 Å². The van der Waals surface area contributed by atoms with Crippen LogP contribution < -0.4 is 0 Å². The maximum atomic E-state index is 10.9. The number of hydrogen-bond acceptors (Lipinski definition) is 3. The van der Waals surface area contributed by atoms with E-state index in [1.165, 1.54) is 11.1 Å². The largest absolute Gasteiger partial charge is 0.481 e. The zero-order chi connectivity index (χ0) is 19.4. The molecule has 0 aliphatic heterocycles. The van der Waals surface area contributed by atoms with E-state index in [0.29, 0.717) is 13.1 Å². The summed E-state index contributed by atoms with van der Waals surface area (Å²) < 4.78 is 1.89. The fourth-order valence-corrected chi connectivity index (χ4v) is 3.03. The van der Waals surface area contributed by atoms with Gasteiger partial charge in [-0.1, -0.05) is 30.3 Å². The Morgan fingerprint density at radius 3 is 2.52 bits per heavy atom. The number of rotatable bonds is 7. The van der Waals surface area contributed by atoms with Crippen LogP contribution in [0.3, 0.4) is 0 Å². The summed E-state index contributed by atoms with van der Waals surface area (Å²) in [6.07, 6.45) is 2.17. The molecule has 0 saturated carbocycles. The van der Waals surface area contributed by atoms with Gasteiger partial charge in [-0.05, 0) is 50.2 Å². The molecular weight excluding hydrogens is 338 g/mol. The Bertz CT molecular complexity index is 932. The minimum Gasteiger partial charge on any atom is -0.481 e. The van der Waals surface area contributed by atoms with E-state index in [-0.39, 0.29) is 6.42 Å². The normalized spacial score (nSPS) is 11.1. The van der Waals surface area contributed by atoms with Gasteiger partial charge in [0.2, 0.25) is 0 Å². The van der Waals surface area contributed by atoms with Crippen LogP contribution in [0.5, 0.6) is 0 Å². The van der Waals surface area contributed by atoms with Crippen LogP contribution in [0.4, 0.5) is 0 Å². The summed E-state index contributed by atoms with van der Waals surface area (Å²) >= 11 is 0. The minimum atomic E-state index is -0.781. The van der Waals surface area contributed by atoms with Crippen molar-refractivity contribution in [3.8, 4) is 16.9 Å². The first-order valence-electron chi connectivity index (χ1n) is 9.06. The molecule has 5 heteroatoms. The molecule has 0 aliphatic rings. The molecule has 27 heavy (non-hydrogen) atoms. The Morgan fingerprint density at radius 2 is 1.85 bits per heavy atom. The average molecular weight is 363 g/mol. The monoisotopic (exact) mass is 363 g/mol. The summed E-state index contributed by atoms with van der Waals surface area (Å²) in [6, 6.07) is 16.4. The second kappa shape index (κ2) is 8.18. The fraction of sp³-hybridized carbons (Fsp3) is 0.273. The van der Waals surface area contributed by atoms with Crippen molar-refractivity contribution in [1.29, 1.82) is 0 Å². The van der Waals surface area contributed by atoms with Gasteiger partial charge in [-0.2, -0.15) is 5.10 Å². The lowest BCUT2D eigenvalue weighted by atomic mass is 10.0. The van der Waals surface area contributed by atoms with E-state index in [0.717, 1.165) is 22.5 Å². The second-order valence-electron chi connectivity index (χ2n) is 6.96. The predicted molar refractivity (Wildman–Crippen MR) is 107 cm³/mol. The van der Waals surface area contributed by atoms with E-state index in [9.17, 15) is 4.79 Å². The maximum absolute atomic E-state index is 10.9. The third-order valence-corrected chi connectivity index (χ3v) is 4.74. The Balaban J connectivity index is 1.97. The topological polar surface area (TPSA) is 58.4 Å². The number of para-hydroxylation sites is 1. The fourth-order valence-electron chi connectivity index (χ4n) is 3.03. The molecule has 3 rings (SSSR count). The van der Waals surface area contributed by atoms with Crippen LogP contribution in [0.15, 0.2) is 54.7 Å². The van der Waals surface area contributed by atoms with E-state index >= 15 is 0 Å². The number of nitrogens with zero attached hydrogens (tertiary/aromatic N) is 3. The molecule has 1 heterocycles. The molecule has 0 spiro atoms. The van der Waals surface area contributed by atoms with Gasteiger partial charge in [-0.25, -0.2) is 4.68 Å². The molecule has 0 bridgehead atoms. The van der Waals surface area contributed by atoms with Crippen LogP contribution >= 0.6 is 0 Å². The molecule has 5 nitrogen and oxygen atoms in total. The lowest BCUT2D eigenvalue weighted by Crippen LogP contribution is -2.21. The quantitative estimate of drug-likeness (QED) is 0.688. The van der Waals surface area contributed by atoms with Gasteiger partial charge in [-0.15, -0.1) is 0 Å². The Labute approximate surface area is 159 Å². The van der Waals surface area contributed by atoms with E-state index in [2.05, 4.69) is 32.0 Å². The number of benzene rings is 2. The zero-order valence-corrected chi connectivity index (χ0v) is 16.0. The molecule has 0 aliphatic carbocycles. The Morgan fingerprint density at radius 1 is 1.11 bits per heavy atom. The molecule has 0 radical (unpaired) electrons. The first-order chi connectivity index (χ1) is 12.9. The van der Waals surface area contributed by atoms with Crippen molar-refractivity contribution in [2.45, 2.75) is 26.8 Å². The summed E-state index contributed by atoms with van der Waals surface area (Å²) in [7, 11) is 1.94. The summed E-state index contributed by atoms with van der Waals surface area (Å²) in [5.74, 6) is -0.781. The summed E-state index contributed by atoms with van der Waals surface area (Å²) in [5.41, 5.74) is 6.57. The van der Waals surface area contributed by atoms with Crippen molar-refractivity contribution in [1.82, 2.24) is 14.7 Å². The first kappa shape index (κ1) is 18.9. The van der Waals surface area contributed by atoms with Gasteiger partial charge in [0.15, 0.2) is 0 Å². The van der Waals surface area contributed by atoms with Crippen LogP contribution in [0.1, 0.15) is 23.1 Å². The number of hydrogen-bond donors (Lipinski definition) is 1. The molecule has 3 aromatic rings. The SMILES string of the molecule is Cc1ccc(-c2nn(-c3ccccc3)cc2CN(C)CCC(=O)O)cc1C. The van der Waals surface area contributed by atoms with Crippen molar-refractivity contribution in [3.05, 3.63) is 71.4 Å². The third kappa shape index (κ3) is 4.63. The maximum Gasteiger partial charge on any atom is 0.304 e. The molecule has 2 aromatic carbocycles. The predicted octanol–water partition coefficient (Wildman–Crippen LogP) is 4.06. The number of aromatic nitrogens is 2. The molecule has 0 amide bonds. The van der Waals surface area contributed by atoms with Crippen molar-refractivity contribution in [2.24, 2.45) is 0 Å². The highest BCUT2D eigenvalue weighted by Gasteiger charge is 2.15. The lowest BCUT2D eigenvalue weighted by Gasteiger charge is -2.15. The molecule has 1 aromatic heterocycles. The van der Waals surface area contributed by atoms with Gasteiger partial charge in [0, 0.05) is 30.4 Å². The molecule has 1 N–H and O–H groups in total. The van der Waals surface area contributed by atoms with Crippen LogP contribution in [0.25, 0.3) is 16.9 Å². The standard InChI is InChI=1S/C22H25N3O2/c1-16-9-10-18(13-17(16)2)22-19(14-24(3)12-11-21(26)27)15-25(23-22)20-7-5-4-6-8-20/h4-10,13,15H,11-12,14H2,1-3H3,(H,26,27). The lowest BCUT2D eigenvalue weighted by molar-refractivity contribution is -0.137. The molecule has 0 fully saturated rings. The van der Waals surface area contributed by atoms with E-state index in [1.54, 1.807) is 0 Å². The first-order valence-corrected chi connectivity index (χ1v) is 9.06. The number of aryl methyl sites for hydroxylation is 2. The van der Waals surface area contributed by atoms with Gasteiger partial charge in [0.1, 0.15) is 0 Å². The zero-order valence-electron chi connectivity index (χ0n) is 16.0. The Kier molecular flexibility index (Phi) is 5.72. The molecular formula is C22H25N3O2. The van der Waals surface area contributed by atoms with Crippen molar-refractivity contribution in [2.75, 3.05) is 13.6 Å². The minimum absolute atomic E-state index is 0.127. The number of aliphatic carboxylic acids is 1. The number of carboxylic acids is 1. The van der Waals surface area contributed by atoms with Crippen LogP contribution in [-0.2, 0) is 11.3 Å². The van der Waals surface area contributed by atoms with Crippen LogP contribution in [-0.4, -0.2) is 39.3 Å². The smallest absolute Gasteiger partial charge is 0.304 e. The summed E-state index contributed by atoms with van der Waals surface area (Å²) in [4.78, 5) is 12.9. The number of carboxylic acid groups (broad SMARTS) is 1. The third-order valence-electron chi connectivity index (χ3n) is 4.74. The van der Waals surface area contributed by atoms with Gasteiger partial charge in [-0.3, -0.25) is 4.79 Å². The highest BCUT2D eigenvalue weighted by Crippen LogP contribution is 2.26. The van der Waals surface area contributed by atoms with Crippen LogP contribution in [0.2, 0.25) is 0 Å². The molecule has 140 valence electrons. The highest BCUT2D eigenvalue weighted by atomic mass is 16.4. The number of carbonyl (C=O) groups is 1. The van der Waals surface area contributed by atoms with Gasteiger partial charge >= 0.3 is 5.97 Å². The highest BCUT2D eigenvalue weighted by molar-refractivity contribution is 5.67. The van der Waals surface area contributed by atoms with E-state index < -0.39 is 5.97 Å². The molecule has 0 atom stereocenters. The van der Waals surface area contributed by atoms with E-state index in [4.69, 9.17) is 10.2 Å². The molecule has 0 unspecified atom stereocenters. The van der Waals surface area contributed by atoms with Gasteiger partial charge < -0.3 is 10.0 Å². The van der Waals surface area contributed by atoms with Crippen molar-refractivity contribution >= 4 is 5.97 Å².